The lowest BCUT2D eigenvalue weighted by Gasteiger charge is -2.38. The second-order valence-electron chi connectivity index (χ2n) is 6.62. The maximum Gasteiger partial charge on any atom is 0.269 e. The van der Waals surface area contributed by atoms with Gasteiger partial charge in [-0.15, -0.1) is 11.3 Å². The number of hydrogen-bond donors (Lipinski definition) is 0. The molecule has 1 aromatic heterocycles. The topological polar surface area (TPSA) is 68.0 Å². The van der Waals surface area contributed by atoms with Crippen LogP contribution in [0.15, 0.2) is 69.6 Å². The highest BCUT2D eigenvalue weighted by atomic mass is 79.9. The van der Waals surface area contributed by atoms with Crippen LogP contribution in [0.25, 0.3) is 0 Å². The number of nitro benzene ring substituents is 1. The Labute approximate surface area is 173 Å². The molecule has 3 heterocycles. The van der Waals surface area contributed by atoms with Crippen LogP contribution in [0.3, 0.4) is 0 Å². The summed E-state index contributed by atoms with van der Waals surface area (Å²) in [5.41, 5.74) is 3.01. The van der Waals surface area contributed by atoms with Crippen LogP contribution in [0.1, 0.15) is 34.7 Å². The molecule has 2 unspecified atom stereocenters. The van der Waals surface area contributed by atoms with Crippen LogP contribution in [0.2, 0.25) is 0 Å². The van der Waals surface area contributed by atoms with E-state index in [9.17, 15) is 10.1 Å². The molecule has 6 nitrogen and oxygen atoms in total. The third-order valence-corrected chi connectivity index (χ3v) is 6.36. The Kier molecular flexibility index (Phi) is 4.17. The highest BCUT2D eigenvalue weighted by Crippen LogP contribution is 2.48. The Bertz CT molecular complexity index is 1080. The molecule has 0 N–H and O–H groups in total. The van der Waals surface area contributed by atoms with Crippen LogP contribution in [0, 0.1) is 10.1 Å². The summed E-state index contributed by atoms with van der Waals surface area (Å²) in [6.45, 7) is 0. The highest BCUT2D eigenvalue weighted by molar-refractivity contribution is 9.10. The fraction of sp³-hybridized carbons (Fsp3) is 0.150. The van der Waals surface area contributed by atoms with Gasteiger partial charge in [0, 0.05) is 34.2 Å². The van der Waals surface area contributed by atoms with Gasteiger partial charge in [0.2, 0.25) is 6.23 Å². The van der Waals surface area contributed by atoms with E-state index in [1.807, 2.05) is 28.6 Å². The van der Waals surface area contributed by atoms with Gasteiger partial charge in [-0.3, -0.25) is 10.1 Å². The van der Waals surface area contributed by atoms with Gasteiger partial charge in [0.05, 0.1) is 21.6 Å². The predicted octanol–water partition coefficient (Wildman–Crippen LogP) is 5.66. The van der Waals surface area contributed by atoms with Crippen LogP contribution >= 0.6 is 27.3 Å². The number of fused-ring (bicyclic) bond motifs is 3. The van der Waals surface area contributed by atoms with E-state index in [0.717, 1.165) is 38.4 Å². The fourth-order valence-corrected chi connectivity index (χ4v) is 4.73. The van der Waals surface area contributed by atoms with Gasteiger partial charge in [0.15, 0.2) is 0 Å². The van der Waals surface area contributed by atoms with Gasteiger partial charge in [-0.1, -0.05) is 22.0 Å². The summed E-state index contributed by atoms with van der Waals surface area (Å²) >= 11 is 5.22. The van der Waals surface area contributed by atoms with E-state index in [1.165, 1.54) is 12.1 Å². The van der Waals surface area contributed by atoms with Crippen molar-refractivity contribution in [3.63, 3.8) is 0 Å². The maximum atomic E-state index is 11.0. The molecular formula is C20H14BrN3O3S. The van der Waals surface area contributed by atoms with E-state index in [4.69, 9.17) is 9.84 Å². The second-order valence-corrected chi connectivity index (χ2v) is 8.49. The van der Waals surface area contributed by atoms with Crippen molar-refractivity contribution in [1.82, 2.24) is 5.01 Å². The Morgan fingerprint density at radius 3 is 2.75 bits per heavy atom. The monoisotopic (exact) mass is 455 g/mol. The normalized spacial score (nSPS) is 20.2. The molecule has 0 spiro atoms. The zero-order valence-electron chi connectivity index (χ0n) is 14.5. The first-order valence-corrected chi connectivity index (χ1v) is 10.4. The number of ether oxygens (including phenoxy) is 1. The summed E-state index contributed by atoms with van der Waals surface area (Å²) in [4.78, 5) is 11.7. The first kappa shape index (κ1) is 17.4. The molecule has 2 aliphatic rings. The number of benzene rings is 2. The minimum atomic E-state index is -0.433. The van der Waals surface area contributed by atoms with Gasteiger partial charge in [-0.2, -0.15) is 5.10 Å². The van der Waals surface area contributed by atoms with Crippen LogP contribution in [-0.2, 0) is 0 Å². The minimum Gasteiger partial charge on any atom is -0.464 e. The highest BCUT2D eigenvalue weighted by Gasteiger charge is 2.41. The molecule has 0 aliphatic carbocycles. The fourth-order valence-electron chi connectivity index (χ4n) is 3.63. The Balaban J connectivity index is 1.58. The lowest BCUT2D eigenvalue weighted by molar-refractivity contribution is -0.384. The van der Waals surface area contributed by atoms with E-state index in [-0.39, 0.29) is 11.7 Å². The smallest absolute Gasteiger partial charge is 0.269 e. The summed E-state index contributed by atoms with van der Waals surface area (Å²) < 4.78 is 7.28. The number of halogens is 1. The molecule has 0 radical (unpaired) electrons. The van der Waals surface area contributed by atoms with Gasteiger partial charge in [0.1, 0.15) is 5.75 Å². The van der Waals surface area contributed by atoms with E-state index < -0.39 is 11.2 Å². The van der Waals surface area contributed by atoms with Crippen LogP contribution in [0.5, 0.6) is 5.75 Å². The first-order chi connectivity index (χ1) is 13.6. The largest absolute Gasteiger partial charge is 0.464 e. The zero-order chi connectivity index (χ0) is 19.3. The summed E-state index contributed by atoms with van der Waals surface area (Å²) in [7, 11) is 0. The summed E-state index contributed by atoms with van der Waals surface area (Å²) in [5, 5.41) is 19.9. The number of rotatable bonds is 3. The molecule has 2 aliphatic heterocycles. The second kappa shape index (κ2) is 6.72. The Hall–Kier alpha value is -2.71. The van der Waals surface area contributed by atoms with E-state index >= 15 is 0 Å². The number of thiophene rings is 1. The lowest BCUT2D eigenvalue weighted by atomic mass is 9.97. The standard InChI is InChI=1S/C20H14BrN3O3S/c21-13-5-8-18-15(10-13)17-11-16(19-2-1-9-28-19)22-23(17)20(27-18)12-3-6-14(7-4-12)24(25)26/h1-10,17,20H,11H2. The minimum absolute atomic E-state index is 0.0542. The molecule has 3 aromatic rings. The molecule has 28 heavy (non-hydrogen) atoms. The first-order valence-electron chi connectivity index (χ1n) is 8.70. The number of hydrogen-bond acceptors (Lipinski definition) is 6. The van der Waals surface area contributed by atoms with Crippen molar-refractivity contribution in [2.45, 2.75) is 18.7 Å². The molecule has 2 aromatic carbocycles. The van der Waals surface area contributed by atoms with Crippen molar-refractivity contribution < 1.29 is 9.66 Å². The molecule has 8 heteroatoms. The van der Waals surface area contributed by atoms with Crippen molar-refractivity contribution >= 4 is 38.7 Å². The van der Waals surface area contributed by atoms with Gasteiger partial charge >= 0.3 is 0 Å². The van der Waals surface area contributed by atoms with Gasteiger partial charge in [-0.25, -0.2) is 5.01 Å². The average molecular weight is 456 g/mol. The third-order valence-electron chi connectivity index (χ3n) is 4.95. The van der Waals surface area contributed by atoms with E-state index in [1.54, 1.807) is 23.5 Å². The molecule has 0 saturated carbocycles. The van der Waals surface area contributed by atoms with E-state index in [0.29, 0.717) is 0 Å². The van der Waals surface area contributed by atoms with E-state index in [2.05, 4.69) is 28.1 Å². The lowest BCUT2D eigenvalue weighted by Crippen LogP contribution is -2.33. The molecule has 140 valence electrons. The van der Waals surface area contributed by atoms with Crippen molar-refractivity contribution in [3.05, 3.63) is 90.6 Å². The number of non-ortho nitro benzene ring substituents is 1. The van der Waals surface area contributed by atoms with Crippen LogP contribution in [-0.4, -0.2) is 15.6 Å². The van der Waals surface area contributed by atoms with Gasteiger partial charge in [0.25, 0.3) is 5.69 Å². The van der Waals surface area contributed by atoms with Crippen molar-refractivity contribution in [2.24, 2.45) is 5.10 Å². The number of nitrogens with zero attached hydrogens (tertiary/aromatic N) is 3. The van der Waals surface area contributed by atoms with Crippen LogP contribution < -0.4 is 4.74 Å². The Morgan fingerprint density at radius 1 is 1.21 bits per heavy atom. The molecule has 2 atom stereocenters. The van der Waals surface area contributed by atoms with Gasteiger partial charge in [-0.05, 0) is 41.8 Å². The maximum absolute atomic E-state index is 11.0. The molecular weight excluding hydrogens is 442 g/mol. The van der Waals surface area contributed by atoms with Gasteiger partial charge < -0.3 is 4.74 Å². The number of hydrazone groups is 1. The number of nitro groups is 1. The predicted molar refractivity (Wildman–Crippen MR) is 111 cm³/mol. The zero-order valence-corrected chi connectivity index (χ0v) is 16.9. The molecule has 0 saturated heterocycles. The summed E-state index contributed by atoms with van der Waals surface area (Å²) in [6, 6.07) is 16.6. The summed E-state index contributed by atoms with van der Waals surface area (Å²) in [6.07, 6.45) is 0.355. The molecule has 0 amide bonds. The molecule has 5 rings (SSSR count). The molecule has 0 fully saturated rings. The quantitative estimate of drug-likeness (QED) is 0.377. The SMILES string of the molecule is O=[N+]([O-])c1ccc(C2Oc3ccc(Br)cc3C3CC(c4cccs4)=NN32)cc1. The van der Waals surface area contributed by atoms with Crippen LogP contribution in [0.4, 0.5) is 5.69 Å². The Morgan fingerprint density at radius 2 is 2.04 bits per heavy atom. The third kappa shape index (κ3) is 2.89. The molecule has 0 bridgehead atoms. The average Bonchev–Trinajstić information content (AvgIpc) is 3.37. The summed E-state index contributed by atoms with van der Waals surface area (Å²) in [5.74, 6) is 0.815. The van der Waals surface area contributed by atoms with Crippen molar-refractivity contribution in [2.75, 3.05) is 0 Å². The van der Waals surface area contributed by atoms with Crippen molar-refractivity contribution in [3.8, 4) is 5.75 Å². The van der Waals surface area contributed by atoms with Crippen molar-refractivity contribution in [1.29, 1.82) is 0 Å².